The van der Waals surface area contributed by atoms with Crippen LogP contribution in [0, 0.1) is 0 Å². The highest BCUT2D eigenvalue weighted by Crippen LogP contribution is 2.23. The molecule has 0 amide bonds. The molecule has 0 unspecified atom stereocenters. The summed E-state index contributed by atoms with van der Waals surface area (Å²) in [5.41, 5.74) is 1.34. The lowest BCUT2D eigenvalue weighted by atomic mass is 9.94. The Kier molecular flexibility index (Phi) is 9.28. The van der Waals surface area contributed by atoms with E-state index in [0.717, 1.165) is 11.1 Å². The topological polar surface area (TPSA) is 104 Å². The quantitative estimate of drug-likeness (QED) is 0.367. The van der Waals surface area contributed by atoms with Gasteiger partial charge >= 0.3 is 5.97 Å². The molecule has 3 aromatic rings. The van der Waals surface area contributed by atoms with E-state index < -0.39 is 21.9 Å². The Bertz CT molecular complexity index is 1230. The van der Waals surface area contributed by atoms with E-state index in [4.69, 9.17) is 16.7 Å². The average molecular weight is 524 g/mol. The highest BCUT2D eigenvalue weighted by molar-refractivity contribution is 7.91. The molecule has 6 nitrogen and oxygen atoms in total. The van der Waals surface area contributed by atoms with E-state index in [1.165, 1.54) is 24.3 Å². The minimum Gasteiger partial charge on any atom is -0.478 e. The van der Waals surface area contributed by atoms with Crippen LogP contribution in [0.5, 0.6) is 0 Å². The number of aromatic carboxylic acids is 1. The van der Waals surface area contributed by atoms with Gasteiger partial charge in [-0.05, 0) is 79.9 Å². The van der Waals surface area contributed by atoms with Crippen molar-refractivity contribution in [3.63, 3.8) is 0 Å². The van der Waals surface area contributed by atoms with E-state index in [-0.39, 0.29) is 33.3 Å². The number of carboxylic acids is 1. The number of aliphatic hydroxyl groups is 1. The normalized spacial score (nSPS) is 12.6. The molecule has 3 rings (SSSR count). The lowest BCUT2D eigenvalue weighted by molar-refractivity contribution is 0.0696. The third kappa shape index (κ3) is 7.04. The standard InChI is InChI=1S/C25H26ClNO5S.ClH/c1-25(2,27-16-23(28)19-4-3-5-20(26)14-19)15-17-6-10-21(11-7-17)33(31,32)22-12-8-18(9-13-22)24(29)30;/h3-14,23,27-28H,15-16H2,1-2H3,(H,29,30);1H/t23-;/m1./s1. The molecule has 0 aliphatic carbocycles. The fourth-order valence-corrected chi connectivity index (χ4v) is 4.94. The average Bonchev–Trinajstić information content (AvgIpc) is 2.77. The molecule has 34 heavy (non-hydrogen) atoms. The molecule has 9 heteroatoms. The van der Waals surface area contributed by atoms with Gasteiger partial charge < -0.3 is 15.5 Å². The smallest absolute Gasteiger partial charge is 0.335 e. The van der Waals surface area contributed by atoms with Crippen molar-refractivity contribution in [2.75, 3.05) is 6.54 Å². The van der Waals surface area contributed by atoms with Gasteiger partial charge in [-0.25, -0.2) is 13.2 Å². The van der Waals surface area contributed by atoms with Gasteiger partial charge in [0, 0.05) is 17.1 Å². The Hall–Kier alpha value is -2.42. The fourth-order valence-electron chi connectivity index (χ4n) is 3.48. The monoisotopic (exact) mass is 523 g/mol. The molecule has 0 bridgehead atoms. The maximum Gasteiger partial charge on any atom is 0.335 e. The highest BCUT2D eigenvalue weighted by atomic mass is 35.5. The number of β-amino-alcohol motifs (C(OH)–C–C–N with tert-alkyl or cyclic N) is 1. The van der Waals surface area contributed by atoms with Gasteiger partial charge in [-0.3, -0.25) is 0 Å². The largest absolute Gasteiger partial charge is 0.478 e. The molecular formula is C25H27Cl2NO5S. The van der Waals surface area contributed by atoms with Crippen molar-refractivity contribution >= 4 is 39.8 Å². The molecule has 0 aliphatic heterocycles. The number of nitrogens with one attached hydrogen (secondary N) is 1. The van der Waals surface area contributed by atoms with E-state index in [9.17, 15) is 18.3 Å². The summed E-state index contributed by atoms with van der Waals surface area (Å²) in [6.45, 7) is 4.35. The number of carboxylic acid groups (broad SMARTS) is 1. The molecule has 182 valence electrons. The van der Waals surface area contributed by atoms with Gasteiger partial charge in [0.15, 0.2) is 0 Å². The molecular weight excluding hydrogens is 497 g/mol. The highest BCUT2D eigenvalue weighted by Gasteiger charge is 2.22. The number of aliphatic hydroxyl groups excluding tert-OH is 1. The van der Waals surface area contributed by atoms with Gasteiger partial charge in [-0.2, -0.15) is 0 Å². The number of hydrogen-bond donors (Lipinski definition) is 3. The molecule has 0 saturated carbocycles. The van der Waals surface area contributed by atoms with Crippen LogP contribution in [-0.4, -0.2) is 36.7 Å². The third-order valence-corrected chi connectivity index (χ3v) is 7.32. The summed E-state index contributed by atoms with van der Waals surface area (Å²) in [6, 6.07) is 18.9. The first-order valence-electron chi connectivity index (χ1n) is 10.3. The molecule has 0 aromatic heterocycles. The molecule has 0 heterocycles. The molecule has 0 spiro atoms. The van der Waals surface area contributed by atoms with Crippen molar-refractivity contribution in [1.29, 1.82) is 0 Å². The van der Waals surface area contributed by atoms with E-state index in [2.05, 4.69) is 5.32 Å². The second kappa shape index (κ2) is 11.3. The van der Waals surface area contributed by atoms with E-state index >= 15 is 0 Å². The first kappa shape index (κ1) is 27.8. The summed E-state index contributed by atoms with van der Waals surface area (Å²) < 4.78 is 25.7. The maximum atomic E-state index is 12.9. The molecule has 0 radical (unpaired) electrons. The van der Waals surface area contributed by atoms with Crippen molar-refractivity contribution in [2.24, 2.45) is 0 Å². The van der Waals surface area contributed by atoms with Gasteiger partial charge in [0.1, 0.15) is 0 Å². The zero-order valence-corrected chi connectivity index (χ0v) is 21.1. The summed E-state index contributed by atoms with van der Waals surface area (Å²) in [4.78, 5) is 11.2. The summed E-state index contributed by atoms with van der Waals surface area (Å²) in [7, 11) is -3.75. The summed E-state index contributed by atoms with van der Waals surface area (Å²) in [5.74, 6) is -1.11. The molecule has 0 aliphatic rings. The molecule has 0 saturated heterocycles. The number of carbonyl (C=O) groups is 1. The van der Waals surface area contributed by atoms with Crippen LogP contribution in [0.25, 0.3) is 0 Å². The van der Waals surface area contributed by atoms with Crippen LogP contribution >= 0.6 is 24.0 Å². The van der Waals surface area contributed by atoms with Crippen molar-refractivity contribution in [1.82, 2.24) is 5.32 Å². The summed E-state index contributed by atoms with van der Waals surface area (Å²) >= 11 is 5.99. The molecule has 3 aromatic carbocycles. The second-order valence-electron chi connectivity index (χ2n) is 8.49. The number of benzene rings is 3. The SMILES string of the molecule is CC(C)(Cc1ccc(S(=O)(=O)c2ccc(C(=O)O)cc2)cc1)NC[C@@H](O)c1cccc(Cl)c1.Cl. The Morgan fingerprint density at radius 3 is 2.09 bits per heavy atom. The van der Waals surface area contributed by atoms with Crippen LogP contribution in [-0.2, 0) is 16.3 Å². The lowest BCUT2D eigenvalue weighted by Crippen LogP contribution is -2.43. The minimum absolute atomic E-state index is 0. The molecule has 1 atom stereocenters. The maximum absolute atomic E-state index is 12.9. The van der Waals surface area contributed by atoms with Gasteiger partial charge in [-0.15, -0.1) is 12.4 Å². The minimum atomic E-state index is -3.75. The van der Waals surface area contributed by atoms with E-state index in [1.807, 2.05) is 19.9 Å². The van der Waals surface area contributed by atoms with Gasteiger partial charge in [0.05, 0.1) is 21.5 Å². The van der Waals surface area contributed by atoms with Crippen LogP contribution in [0.15, 0.2) is 82.6 Å². The number of sulfone groups is 1. The van der Waals surface area contributed by atoms with Crippen LogP contribution in [0.4, 0.5) is 0 Å². The number of halogens is 2. The zero-order valence-electron chi connectivity index (χ0n) is 18.7. The summed E-state index contributed by atoms with van der Waals surface area (Å²) in [5, 5.41) is 23.3. The van der Waals surface area contributed by atoms with Gasteiger partial charge in [0.2, 0.25) is 9.84 Å². The Balaban J connectivity index is 0.00000408. The van der Waals surface area contributed by atoms with Crippen LogP contribution in [0.1, 0.15) is 41.4 Å². The van der Waals surface area contributed by atoms with Crippen LogP contribution in [0.3, 0.4) is 0 Å². The van der Waals surface area contributed by atoms with Crippen LogP contribution in [0.2, 0.25) is 5.02 Å². The number of rotatable bonds is 9. The van der Waals surface area contributed by atoms with E-state index in [0.29, 0.717) is 18.0 Å². The van der Waals surface area contributed by atoms with Crippen LogP contribution < -0.4 is 5.32 Å². The first-order chi connectivity index (χ1) is 15.5. The predicted octanol–water partition coefficient (Wildman–Crippen LogP) is 4.94. The lowest BCUT2D eigenvalue weighted by Gasteiger charge is -2.28. The second-order valence-corrected chi connectivity index (χ2v) is 10.9. The van der Waals surface area contributed by atoms with Crippen molar-refractivity contribution < 1.29 is 23.4 Å². The van der Waals surface area contributed by atoms with E-state index in [1.54, 1.807) is 42.5 Å². The van der Waals surface area contributed by atoms with Gasteiger partial charge in [0.25, 0.3) is 0 Å². The first-order valence-corrected chi connectivity index (χ1v) is 12.2. The fraction of sp³-hybridized carbons (Fsp3) is 0.240. The van der Waals surface area contributed by atoms with Gasteiger partial charge in [-0.1, -0.05) is 35.9 Å². The summed E-state index contributed by atoms with van der Waals surface area (Å²) in [6.07, 6.45) is -0.0916. The van der Waals surface area contributed by atoms with Crippen molar-refractivity contribution in [2.45, 2.75) is 41.7 Å². The predicted molar refractivity (Wildman–Crippen MR) is 135 cm³/mol. The molecule has 0 fully saturated rings. The van der Waals surface area contributed by atoms with Crippen molar-refractivity contribution in [3.8, 4) is 0 Å². The Morgan fingerprint density at radius 2 is 1.56 bits per heavy atom. The number of hydrogen-bond acceptors (Lipinski definition) is 5. The van der Waals surface area contributed by atoms with Crippen molar-refractivity contribution in [3.05, 3.63) is 94.5 Å². The third-order valence-electron chi connectivity index (χ3n) is 5.30. The Labute approximate surface area is 210 Å². The Morgan fingerprint density at radius 1 is 1.00 bits per heavy atom. The molecule has 3 N–H and O–H groups in total. The zero-order chi connectivity index (χ0) is 24.2.